The van der Waals surface area contributed by atoms with Crippen LogP contribution in [0.3, 0.4) is 0 Å². The van der Waals surface area contributed by atoms with Gasteiger partial charge in [0.05, 0.1) is 12.2 Å². The summed E-state index contributed by atoms with van der Waals surface area (Å²) in [6.45, 7) is 7.70. The van der Waals surface area contributed by atoms with Gasteiger partial charge in [-0.15, -0.1) is 11.3 Å². The van der Waals surface area contributed by atoms with Gasteiger partial charge in [-0.2, -0.15) is 0 Å². The van der Waals surface area contributed by atoms with Gasteiger partial charge in [0.25, 0.3) is 0 Å². The highest BCUT2D eigenvalue weighted by atomic mass is 32.1. The summed E-state index contributed by atoms with van der Waals surface area (Å²) in [5.41, 5.74) is 1.40. The second kappa shape index (κ2) is 7.21. The number of aromatic nitrogens is 3. The Morgan fingerprint density at radius 3 is 2.54 bits per heavy atom. The van der Waals surface area contributed by atoms with Gasteiger partial charge in [-0.1, -0.05) is 0 Å². The summed E-state index contributed by atoms with van der Waals surface area (Å²) in [5.74, 6) is 0.870. The van der Waals surface area contributed by atoms with Crippen LogP contribution in [0, 0.1) is 0 Å². The van der Waals surface area contributed by atoms with Gasteiger partial charge in [0.15, 0.2) is 0 Å². The number of likely N-dealkylation sites (tertiary alicyclic amines) is 1. The van der Waals surface area contributed by atoms with Crippen molar-refractivity contribution in [2.75, 3.05) is 44.2 Å². The number of piperazine rings is 1. The molecule has 4 heterocycles. The van der Waals surface area contributed by atoms with E-state index in [2.05, 4.69) is 24.7 Å². The van der Waals surface area contributed by atoms with Crippen molar-refractivity contribution in [1.82, 2.24) is 24.8 Å². The van der Waals surface area contributed by atoms with Gasteiger partial charge in [-0.25, -0.2) is 15.0 Å². The molecule has 2 aromatic rings. The maximum Gasteiger partial charge on any atom is 0.225 e. The second-order valence-corrected chi connectivity index (χ2v) is 8.77. The molecule has 3 aliphatic rings. The summed E-state index contributed by atoms with van der Waals surface area (Å²) in [7, 11) is 0. The van der Waals surface area contributed by atoms with E-state index in [0.29, 0.717) is 6.04 Å². The number of aryl methyl sites for hydroxylation is 2. The Kier molecular flexibility index (Phi) is 4.60. The van der Waals surface area contributed by atoms with E-state index in [1.54, 1.807) is 4.88 Å². The van der Waals surface area contributed by atoms with Crippen LogP contribution < -0.4 is 4.90 Å². The van der Waals surface area contributed by atoms with Crippen LogP contribution in [0.15, 0.2) is 18.5 Å². The molecular weight excluding hydrogens is 344 g/mol. The van der Waals surface area contributed by atoms with Gasteiger partial charge in [-0.3, -0.25) is 9.80 Å². The lowest BCUT2D eigenvalue weighted by molar-refractivity contribution is 0.0254. The fourth-order valence-electron chi connectivity index (χ4n) is 4.31. The lowest BCUT2D eigenvalue weighted by Gasteiger charge is -2.48. The predicted octanol–water partition coefficient (Wildman–Crippen LogP) is 1.82. The van der Waals surface area contributed by atoms with Crippen LogP contribution in [0.25, 0.3) is 0 Å². The molecule has 0 saturated carbocycles. The van der Waals surface area contributed by atoms with Crippen LogP contribution in [0.5, 0.6) is 0 Å². The summed E-state index contributed by atoms with van der Waals surface area (Å²) < 4.78 is 0. The van der Waals surface area contributed by atoms with Crippen LogP contribution in [0.2, 0.25) is 0 Å². The molecule has 2 aliphatic heterocycles. The van der Waals surface area contributed by atoms with E-state index >= 15 is 0 Å². The average molecular weight is 371 g/mol. The number of rotatable bonds is 4. The van der Waals surface area contributed by atoms with E-state index in [9.17, 15) is 0 Å². The normalized spacial score (nSPS) is 22.2. The highest BCUT2D eigenvalue weighted by Gasteiger charge is 2.34. The zero-order chi connectivity index (χ0) is 17.3. The fourth-order valence-corrected chi connectivity index (χ4v) is 5.51. The Bertz CT molecular complexity index is 710. The first kappa shape index (κ1) is 16.6. The molecule has 2 aromatic heterocycles. The topological polar surface area (TPSA) is 48.4 Å². The molecule has 2 fully saturated rings. The molecule has 26 heavy (non-hydrogen) atoms. The van der Waals surface area contributed by atoms with Crippen LogP contribution in [-0.4, -0.2) is 70.1 Å². The highest BCUT2D eigenvalue weighted by Crippen LogP contribution is 2.28. The van der Waals surface area contributed by atoms with E-state index in [-0.39, 0.29) is 0 Å². The third-order valence-corrected chi connectivity index (χ3v) is 6.99. The lowest BCUT2D eigenvalue weighted by atomic mass is 10.0. The Hall–Kier alpha value is -1.57. The molecule has 6 nitrogen and oxygen atoms in total. The van der Waals surface area contributed by atoms with Crippen LogP contribution >= 0.6 is 11.3 Å². The van der Waals surface area contributed by atoms with E-state index in [1.807, 2.05) is 29.8 Å². The van der Waals surface area contributed by atoms with Gasteiger partial charge < -0.3 is 4.90 Å². The van der Waals surface area contributed by atoms with E-state index in [0.717, 1.165) is 38.7 Å². The third-order valence-electron chi connectivity index (χ3n) is 5.85. The Balaban J connectivity index is 1.09. The minimum absolute atomic E-state index is 0.712. The maximum atomic E-state index is 4.90. The zero-order valence-corrected chi connectivity index (χ0v) is 16.0. The molecule has 138 valence electrons. The molecule has 0 aromatic carbocycles. The molecule has 0 atom stereocenters. The maximum absolute atomic E-state index is 4.90. The van der Waals surface area contributed by atoms with Crippen molar-refractivity contribution in [2.45, 2.75) is 38.3 Å². The summed E-state index contributed by atoms with van der Waals surface area (Å²) in [6.07, 6.45) is 8.78. The van der Waals surface area contributed by atoms with Crippen molar-refractivity contribution in [2.24, 2.45) is 0 Å². The van der Waals surface area contributed by atoms with Gasteiger partial charge in [0, 0.05) is 62.6 Å². The van der Waals surface area contributed by atoms with Gasteiger partial charge in [0.2, 0.25) is 5.95 Å². The Labute approximate surface area is 158 Å². The predicted molar refractivity (Wildman–Crippen MR) is 104 cm³/mol. The minimum atomic E-state index is 0.712. The van der Waals surface area contributed by atoms with E-state index < -0.39 is 0 Å². The third kappa shape index (κ3) is 3.35. The van der Waals surface area contributed by atoms with Crippen LogP contribution in [0.4, 0.5) is 5.95 Å². The van der Waals surface area contributed by atoms with Crippen LogP contribution in [-0.2, 0) is 19.4 Å². The minimum Gasteiger partial charge on any atom is -0.338 e. The van der Waals surface area contributed by atoms with Gasteiger partial charge in [-0.05, 0) is 31.7 Å². The summed E-state index contributed by atoms with van der Waals surface area (Å²) in [4.78, 5) is 22.7. The Morgan fingerprint density at radius 1 is 1.00 bits per heavy atom. The molecule has 7 heteroatoms. The summed E-state index contributed by atoms with van der Waals surface area (Å²) in [5, 5.41) is 1.33. The van der Waals surface area contributed by atoms with Gasteiger partial charge in [0.1, 0.15) is 5.01 Å². The van der Waals surface area contributed by atoms with E-state index in [1.165, 1.54) is 49.5 Å². The number of thiazole rings is 1. The highest BCUT2D eigenvalue weighted by molar-refractivity contribution is 7.11. The molecule has 0 bridgehead atoms. The first-order valence-electron chi connectivity index (χ1n) is 9.81. The number of hydrogen-bond acceptors (Lipinski definition) is 7. The second-order valence-electron chi connectivity index (χ2n) is 7.60. The van der Waals surface area contributed by atoms with Crippen molar-refractivity contribution in [3.63, 3.8) is 0 Å². The number of nitrogens with zero attached hydrogens (tertiary/aromatic N) is 6. The quantitative estimate of drug-likeness (QED) is 0.818. The lowest BCUT2D eigenvalue weighted by Crippen LogP contribution is -2.62. The summed E-state index contributed by atoms with van der Waals surface area (Å²) >= 11 is 1.96. The molecule has 0 amide bonds. The molecule has 0 radical (unpaired) electrons. The van der Waals surface area contributed by atoms with E-state index in [4.69, 9.17) is 4.98 Å². The molecule has 1 aliphatic carbocycles. The van der Waals surface area contributed by atoms with Gasteiger partial charge >= 0.3 is 0 Å². The van der Waals surface area contributed by atoms with Crippen molar-refractivity contribution >= 4 is 17.3 Å². The molecule has 0 spiro atoms. The monoisotopic (exact) mass is 370 g/mol. The first-order valence-corrected chi connectivity index (χ1v) is 10.6. The van der Waals surface area contributed by atoms with Crippen molar-refractivity contribution in [1.29, 1.82) is 0 Å². The standard InChI is InChI=1S/C19H26N6S/c1-2-5-17-16(4-1)22-18(26-17)14-23-12-15(13-23)24-8-10-25(11-9-24)19-20-6-3-7-21-19/h3,6-7,15H,1-2,4-5,8-14H2. The van der Waals surface area contributed by atoms with Crippen molar-refractivity contribution in [3.05, 3.63) is 34.0 Å². The number of hydrogen-bond donors (Lipinski definition) is 0. The SMILES string of the molecule is c1cnc(N2CCN(C3CN(Cc4nc5c(s4)CCCC5)C3)CC2)nc1. The average Bonchev–Trinajstić information content (AvgIpc) is 3.08. The van der Waals surface area contributed by atoms with Crippen LogP contribution in [0.1, 0.15) is 28.4 Å². The molecule has 2 saturated heterocycles. The number of anilines is 1. The molecule has 0 N–H and O–H groups in total. The fraction of sp³-hybridized carbons (Fsp3) is 0.632. The largest absolute Gasteiger partial charge is 0.338 e. The molecular formula is C19H26N6S. The van der Waals surface area contributed by atoms with Crippen molar-refractivity contribution < 1.29 is 0 Å². The van der Waals surface area contributed by atoms with Crippen molar-refractivity contribution in [3.8, 4) is 0 Å². The smallest absolute Gasteiger partial charge is 0.225 e. The summed E-state index contributed by atoms with van der Waals surface area (Å²) in [6, 6.07) is 2.59. The Morgan fingerprint density at radius 2 is 1.77 bits per heavy atom. The molecule has 5 rings (SSSR count). The first-order chi connectivity index (χ1) is 12.8. The number of fused-ring (bicyclic) bond motifs is 1. The zero-order valence-electron chi connectivity index (χ0n) is 15.2. The molecule has 0 unspecified atom stereocenters.